The topological polar surface area (TPSA) is 37.4 Å². The molecule has 0 saturated heterocycles. The summed E-state index contributed by atoms with van der Waals surface area (Å²) < 4.78 is 0. The van der Waals surface area contributed by atoms with Gasteiger partial charge in [-0.15, -0.1) is 0 Å². The van der Waals surface area contributed by atoms with Crippen molar-refractivity contribution in [3.63, 3.8) is 0 Å². The predicted octanol–water partition coefficient (Wildman–Crippen LogP) is 3.93. The summed E-state index contributed by atoms with van der Waals surface area (Å²) in [5, 5.41) is 0. The van der Waals surface area contributed by atoms with Crippen LogP contribution in [0.5, 0.6) is 0 Å². The molecule has 3 nitrogen and oxygen atoms in total. The molecule has 2 aromatic carbocycles. The molecule has 20 heavy (non-hydrogen) atoms. The van der Waals surface area contributed by atoms with Gasteiger partial charge in [0.25, 0.3) is 0 Å². The Morgan fingerprint density at radius 3 is 2.45 bits per heavy atom. The summed E-state index contributed by atoms with van der Waals surface area (Å²) in [6.45, 7) is 2.78. The summed E-state index contributed by atoms with van der Waals surface area (Å²) in [5.41, 5.74) is 3.29. The molecular formula is C16H13NO2S. The van der Waals surface area contributed by atoms with Crippen LogP contribution >= 0.6 is 11.8 Å². The Kier molecular flexibility index (Phi) is 3.32. The number of nitrogens with zero attached hydrogens (tertiary/aromatic N) is 1. The van der Waals surface area contributed by atoms with Crippen molar-refractivity contribution in [1.82, 2.24) is 0 Å². The summed E-state index contributed by atoms with van der Waals surface area (Å²) >= 11 is 1.55. The van der Waals surface area contributed by atoms with Gasteiger partial charge in [0.2, 0.25) is 0 Å². The monoisotopic (exact) mass is 283 g/mol. The van der Waals surface area contributed by atoms with Crippen LogP contribution in [0.25, 0.3) is 0 Å². The molecule has 1 aliphatic rings. The zero-order valence-electron chi connectivity index (χ0n) is 11.0. The van der Waals surface area contributed by atoms with Gasteiger partial charge in [-0.3, -0.25) is 9.59 Å². The number of para-hydroxylation sites is 1. The molecule has 0 spiro atoms. The van der Waals surface area contributed by atoms with E-state index in [1.165, 1.54) is 0 Å². The second-order valence-electron chi connectivity index (χ2n) is 4.47. The number of carbonyl (C=O) groups excluding carboxylic acids is 2. The lowest BCUT2D eigenvalue weighted by Crippen LogP contribution is -2.22. The lowest BCUT2D eigenvalue weighted by atomic mass is 10.1. The van der Waals surface area contributed by atoms with E-state index < -0.39 is 0 Å². The highest BCUT2D eigenvalue weighted by molar-refractivity contribution is 7.99. The van der Waals surface area contributed by atoms with Gasteiger partial charge in [-0.2, -0.15) is 0 Å². The lowest BCUT2D eigenvalue weighted by molar-refractivity contribution is 0.111. The molecule has 100 valence electrons. The molecule has 0 atom stereocenters. The minimum Gasteiger partial charge on any atom is -0.339 e. The Hall–Kier alpha value is -2.07. The number of carbonyl (C=O) groups is 2. The number of aldehydes is 2. The van der Waals surface area contributed by atoms with Crippen LogP contribution < -0.4 is 4.90 Å². The lowest BCUT2D eigenvalue weighted by Gasteiger charge is -2.33. The first-order chi connectivity index (χ1) is 9.80. The number of hydrogen-bond donors (Lipinski definition) is 0. The Morgan fingerprint density at radius 1 is 1.05 bits per heavy atom. The van der Waals surface area contributed by atoms with Crippen LogP contribution in [0.1, 0.15) is 27.6 Å². The SMILES string of the molecule is CCN1c2cccc(C=O)c2Sc2cccc(C=O)c21. The smallest absolute Gasteiger partial charge is 0.152 e. The third-order valence-corrected chi connectivity index (χ3v) is 4.60. The molecule has 0 fully saturated rings. The van der Waals surface area contributed by atoms with E-state index in [4.69, 9.17) is 0 Å². The van der Waals surface area contributed by atoms with Crippen molar-refractivity contribution in [3.8, 4) is 0 Å². The van der Waals surface area contributed by atoms with Crippen LogP contribution in [-0.2, 0) is 0 Å². The minimum absolute atomic E-state index is 0.680. The molecule has 0 aliphatic carbocycles. The number of hydrogen-bond acceptors (Lipinski definition) is 4. The van der Waals surface area contributed by atoms with Crippen molar-refractivity contribution in [2.24, 2.45) is 0 Å². The molecule has 3 rings (SSSR count). The Morgan fingerprint density at radius 2 is 1.75 bits per heavy atom. The van der Waals surface area contributed by atoms with E-state index in [1.54, 1.807) is 11.8 Å². The van der Waals surface area contributed by atoms with Gasteiger partial charge in [0.1, 0.15) is 0 Å². The highest BCUT2D eigenvalue weighted by Gasteiger charge is 2.26. The summed E-state index contributed by atoms with van der Waals surface area (Å²) in [7, 11) is 0. The Balaban J connectivity index is 2.27. The van der Waals surface area contributed by atoms with E-state index in [0.717, 1.165) is 40.3 Å². The number of fused-ring (bicyclic) bond motifs is 2. The molecule has 1 aliphatic heterocycles. The molecule has 0 unspecified atom stereocenters. The van der Waals surface area contributed by atoms with E-state index in [-0.39, 0.29) is 0 Å². The molecule has 0 radical (unpaired) electrons. The third-order valence-electron chi connectivity index (χ3n) is 3.40. The maximum Gasteiger partial charge on any atom is 0.152 e. The number of anilines is 2. The first-order valence-corrected chi connectivity index (χ1v) is 7.23. The second kappa shape index (κ2) is 5.13. The summed E-state index contributed by atoms with van der Waals surface area (Å²) in [5.74, 6) is 0. The van der Waals surface area contributed by atoms with Gasteiger partial charge in [-0.25, -0.2) is 0 Å². The van der Waals surface area contributed by atoms with Gasteiger partial charge in [0.15, 0.2) is 12.6 Å². The fourth-order valence-corrected chi connectivity index (χ4v) is 3.73. The van der Waals surface area contributed by atoms with Crippen molar-refractivity contribution in [2.45, 2.75) is 16.7 Å². The van der Waals surface area contributed by atoms with Crippen LogP contribution in [0.2, 0.25) is 0 Å². The van der Waals surface area contributed by atoms with Crippen molar-refractivity contribution < 1.29 is 9.59 Å². The van der Waals surface area contributed by atoms with Crippen LogP contribution in [0.3, 0.4) is 0 Å². The van der Waals surface area contributed by atoms with Crippen LogP contribution in [-0.4, -0.2) is 19.1 Å². The fourth-order valence-electron chi connectivity index (χ4n) is 2.52. The van der Waals surface area contributed by atoms with Gasteiger partial charge in [0, 0.05) is 27.5 Å². The normalized spacial score (nSPS) is 12.6. The van der Waals surface area contributed by atoms with Crippen molar-refractivity contribution in [2.75, 3.05) is 11.4 Å². The average molecular weight is 283 g/mol. The maximum absolute atomic E-state index is 11.3. The van der Waals surface area contributed by atoms with Crippen molar-refractivity contribution in [3.05, 3.63) is 47.5 Å². The molecule has 4 heteroatoms. The number of benzene rings is 2. The maximum atomic E-state index is 11.3. The Labute approximate surface area is 121 Å². The summed E-state index contributed by atoms with van der Waals surface area (Å²) in [6, 6.07) is 11.4. The van der Waals surface area contributed by atoms with Gasteiger partial charge < -0.3 is 4.90 Å². The average Bonchev–Trinajstić information content (AvgIpc) is 2.51. The number of rotatable bonds is 3. The molecule has 0 aromatic heterocycles. The van der Waals surface area contributed by atoms with E-state index in [1.807, 2.05) is 43.3 Å². The molecule has 0 saturated carbocycles. The van der Waals surface area contributed by atoms with Crippen molar-refractivity contribution >= 4 is 35.7 Å². The molecule has 1 heterocycles. The molecular weight excluding hydrogens is 270 g/mol. The van der Waals surface area contributed by atoms with E-state index in [2.05, 4.69) is 4.90 Å². The van der Waals surface area contributed by atoms with Crippen LogP contribution in [0.4, 0.5) is 11.4 Å². The van der Waals surface area contributed by atoms with Crippen LogP contribution in [0, 0.1) is 0 Å². The standard InChI is InChI=1S/C16H13NO2S/c1-2-17-13-7-3-6-12(10-19)16(13)20-14-8-4-5-11(9-18)15(14)17/h3-10H,2H2,1H3. The van der Waals surface area contributed by atoms with Gasteiger partial charge in [0.05, 0.1) is 11.4 Å². The summed E-state index contributed by atoms with van der Waals surface area (Å²) in [6.07, 6.45) is 1.77. The van der Waals surface area contributed by atoms with Crippen LogP contribution in [0.15, 0.2) is 46.2 Å². The Bertz CT molecular complexity index is 697. The zero-order valence-corrected chi connectivity index (χ0v) is 11.8. The molecule has 2 aromatic rings. The highest BCUT2D eigenvalue weighted by Crippen LogP contribution is 2.50. The van der Waals surface area contributed by atoms with Crippen molar-refractivity contribution in [1.29, 1.82) is 0 Å². The van der Waals surface area contributed by atoms with E-state index in [9.17, 15) is 9.59 Å². The first kappa shape index (κ1) is 12.9. The highest BCUT2D eigenvalue weighted by atomic mass is 32.2. The fraction of sp³-hybridized carbons (Fsp3) is 0.125. The second-order valence-corrected chi connectivity index (χ2v) is 5.52. The van der Waals surface area contributed by atoms with E-state index in [0.29, 0.717) is 11.1 Å². The molecule has 0 N–H and O–H groups in total. The minimum atomic E-state index is 0.680. The quantitative estimate of drug-likeness (QED) is 0.800. The predicted molar refractivity (Wildman–Crippen MR) is 80.5 cm³/mol. The first-order valence-electron chi connectivity index (χ1n) is 6.42. The largest absolute Gasteiger partial charge is 0.339 e. The molecule has 0 bridgehead atoms. The third kappa shape index (κ3) is 1.84. The van der Waals surface area contributed by atoms with Gasteiger partial charge in [-0.05, 0) is 25.1 Å². The van der Waals surface area contributed by atoms with Gasteiger partial charge in [-0.1, -0.05) is 30.0 Å². The van der Waals surface area contributed by atoms with Gasteiger partial charge >= 0.3 is 0 Å². The summed E-state index contributed by atoms with van der Waals surface area (Å²) in [4.78, 5) is 26.6. The zero-order chi connectivity index (χ0) is 14.1. The molecule has 0 amide bonds. The van der Waals surface area contributed by atoms with E-state index >= 15 is 0 Å².